The fraction of sp³-hybridized carbons (Fsp3) is 0.450. The maximum Gasteiger partial charge on any atom is 0.407 e. The average molecular weight is 415 g/mol. The van der Waals surface area contributed by atoms with Crippen molar-refractivity contribution >= 4 is 29.7 Å². The number of carboxylic acid groups (broad SMARTS) is 1. The number of piperidine rings is 2. The molecule has 0 bridgehead atoms. The van der Waals surface area contributed by atoms with Gasteiger partial charge in [0.25, 0.3) is 11.8 Å². The smallest absolute Gasteiger partial charge is 0.407 e. The molecule has 0 aliphatic carbocycles. The summed E-state index contributed by atoms with van der Waals surface area (Å²) in [5, 5.41) is 11.3. The molecule has 2 fully saturated rings. The zero-order valence-corrected chi connectivity index (χ0v) is 16.1. The van der Waals surface area contributed by atoms with E-state index in [1.807, 2.05) is 0 Å². The Labute approximate surface area is 171 Å². The second-order valence-corrected chi connectivity index (χ2v) is 7.67. The summed E-state index contributed by atoms with van der Waals surface area (Å²) in [7, 11) is 0. The first-order valence-corrected chi connectivity index (χ1v) is 9.82. The SMILES string of the molecule is O=C1CCC(N2C(=O)c3cccc(OC[C@H]4CCCN(C(=O)O)C4)c3C2=O)C(=O)N1. The molecule has 0 aromatic heterocycles. The maximum absolute atomic E-state index is 13.0. The fourth-order valence-electron chi connectivity index (χ4n) is 4.19. The number of carbonyl (C=O) groups is 5. The standard InChI is InChI=1S/C20H21N3O7/c24-15-7-6-13(17(25)21-15)23-18(26)12-4-1-5-14(16(12)19(23)27)30-10-11-3-2-8-22(9-11)20(28)29/h1,4-5,11,13H,2-3,6-10H2,(H,28,29)(H,21,24,25)/t11-,13?/m0/s1. The molecular weight excluding hydrogens is 394 g/mol. The summed E-state index contributed by atoms with van der Waals surface area (Å²) in [6.07, 6.45) is 0.692. The topological polar surface area (TPSA) is 133 Å². The number of fused-ring (bicyclic) bond motifs is 1. The van der Waals surface area contributed by atoms with E-state index in [0.29, 0.717) is 13.1 Å². The zero-order chi connectivity index (χ0) is 21.4. The number of imide groups is 2. The second-order valence-electron chi connectivity index (χ2n) is 7.67. The highest BCUT2D eigenvalue weighted by atomic mass is 16.5. The van der Waals surface area contributed by atoms with Crippen LogP contribution in [0.15, 0.2) is 18.2 Å². The lowest BCUT2D eigenvalue weighted by molar-refractivity contribution is -0.136. The van der Waals surface area contributed by atoms with Crippen molar-refractivity contribution in [3.8, 4) is 5.75 Å². The van der Waals surface area contributed by atoms with Crippen molar-refractivity contribution in [2.75, 3.05) is 19.7 Å². The molecule has 1 aromatic carbocycles. The third-order valence-electron chi connectivity index (χ3n) is 5.69. The molecule has 4 rings (SSSR count). The maximum atomic E-state index is 13.0. The summed E-state index contributed by atoms with van der Waals surface area (Å²) in [5.41, 5.74) is 0.246. The summed E-state index contributed by atoms with van der Waals surface area (Å²) in [6.45, 7) is 1.04. The minimum Gasteiger partial charge on any atom is -0.492 e. The number of rotatable bonds is 4. The van der Waals surface area contributed by atoms with Gasteiger partial charge in [-0.25, -0.2) is 4.79 Å². The highest BCUT2D eigenvalue weighted by Gasteiger charge is 2.46. The van der Waals surface area contributed by atoms with Crippen LogP contribution in [0.2, 0.25) is 0 Å². The molecule has 3 aliphatic heterocycles. The van der Waals surface area contributed by atoms with Crippen LogP contribution in [-0.4, -0.2) is 70.4 Å². The number of nitrogens with zero attached hydrogens (tertiary/aromatic N) is 2. The Balaban J connectivity index is 1.51. The lowest BCUT2D eigenvalue weighted by Crippen LogP contribution is -2.54. The molecule has 3 heterocycles. The van der Waals surface area contributed by atoms with Gasteiger partial charge in [-0.15, -0.1) is 0 Å². The van der Waals surface area contributed by atoms with E-state index in [0.717, 1.165) is 17.7 Å². The van der Waals surface area contributed by atoms with Crippen LogP contribution in [-0.2, 0) is 9.59 Å². The van der Waals surface area contributed by atoms with Gasteiger partial charge in [0.05, 0.1) is 17.7 Å². The highest BCUT2D eigenvalue weighted by molar-refractivity contribution is 6.24. The zero-order valence-electron chi connectivity index (χ0n) is 16.1. The Hall–Kier alpha value is -3.43. The summed E-state index contributed by atoms with van der Waals surface area (Å²) in [4.78, 5) is 62.8. The first-order valence-electron chi connectivity index (χ1n) is 9.82. The van der Waals surface area contributed by atoms with Crippen molar-refractivity contribution < 1.29 is 33.8 Å². The van der Waals surface area contributed by atoms with Crippen molar-refractivity contribution in [3.63, 3.8) is 0 Å². The summed E-state index contributed by atoms with van der Waals surface area (Å²) in [6, 6.07) is 3.64. The summed E-state index contributed by atoms with van der Waals surface area (Å²) in [5.74, 6) is -2.11. The van der Waals surface area contributed by atoms with Crippen LogP contribution < -0.4 is 10.1 Å². The lowest BCUT2D eigenvalue weighted by atomic mass is 9.99. The van der Waals surface area contributed by atoms with Gasteiger partial charge in [-0.1, -0.05) is 6.07 Å². The number of hydrogen-bond acceptors (Lipinski definition) is 6. The van der Waals surface area contributed by atoms with Gasteiger partial charge in [0, 0.05) is 25.4 Å². The predicted molar refractivity (Wildman–Crippen MR) is 101 cm³/mol. The number of nitrogens with one attached hydrogen (secondary N) is 1. The third-order valence-corrected chi connectivity index (χ3v) is 5.69. The number of carbonyl (C=O) groups excluding carboxylic acids is 4. The minimum absolute atomic E-state index is 0.0239. The number of benzene rings is 1. The highest BCUT2D eigenvalue weighted by Crippen LogP contribution is 2.34. The van der Waals surface area contributed by atoms with Gasteiger partial charge in [0.1, 0.15) is 11.8 Å². The van der Waals surface area contributed by atoms with Crippen molar-refractivity contribution in [1.29, 1.82) is 0 Å². The largest absolute Gasteiger partial charge is 0.492 e. The van der Waals surface area contributed by atoms with Crippen LogP contribution in [0.4, 0.5) is 4.79 Å². The molecule has 0 spiro atoms. The van der Waals surface area contributed by atoms with E-state index in [1.165, 1.54) is 11.0 Å². The molecule has 2 N–H and O–H groups in total. The van der Waals surface area contributed by atoms with Gasteiger partial charge < -0.3 is 14.7 Å². The molecular formula is C20H21N3O7. The molecule has 10 heteroatoms. The Bertz CT molecular complexity index is 944. The predicted octanol–water partition coefficient (Wildman–Crippen LogP) is 0.857. The van der Waals surface area contributed by atoms with Crippen molar-refractivity contribution in [2.45, 2.75) is 31.7 Å². The van der Waals surface area contributed by atoms with Crippen LogP contribution in [0.25, 0.3) is 0 Å². The summed E-state index contributed by atoms with van der Waals surface area (Å²) < 4.78 is 5.84. The quantitative estimate of drug-likeness (QED) is 0.697. The van der Waals surface area contributed by atoms with Gasteiger partial charge in [-0.2, -0.15) is 0 Å². The van der Waals surface area contributed by atoms with Gasteiger partial charge in [0.2, 0.25) is 11.8 Å². The molecule has 2 saturated heterocycles. The molecule has 158 valence electrons. The van der Waals surface area contributed by atoms with Crippen LogP contribution in [0, 0.1) is 5.92 Å². The number of amides is 5. The van der Waals surface area contributed by atoms with Gasteiger partial charge in [-0.05, 0) is 31.4 Å². The second kappa shape index (κ2) is 7.77. The summed E-state index contributed by atoms with van der Waals surface area (Å²) >= 11 is 0. The van der Waals surface area contributed by atoms with E-state index >= 15 is 0 Å². The van der Waals surface area contributed by atoms with Gasteiger partial charge in [-0.3, -0.25) is 29.4 Å². The van der Waals surface area contributed by atoms with E-state index in [9.17, 15) is 24.0 Å². The first-order chi connectivity index (χ1) is 14.4. The molecule has 3 aliphatic rings. The lowest BCUT2D eigenvalue weighted by Gasteiger charge is -2.30. The van der Waals surface area contributed by atoms with Gasteiger partial charge in [0.15, 0.2) is 0 Å². The molecule has 1 aromatic rings. The Morgan fingerprint density at radius 2 is 1.97 bits per heavy atom. The number of ether oxygens (including phenoxy) is 1. The number of likely N-dealkylation sites (tertiary alicyclic amines) is 1. The normalized spacial score (nSPS) is 24.0. The molecule has 10 nitrogen and oxygen atoms in total. The third kappa shape index (κ3) is 3.49. The Morgan fingerprint density at radius 3 is 2.70 bits per heavy atom. The van der Waals surface area contributed by atoms with Crippen molar-refractivity contribution in [2.24, 2.45) is 5.92 Å². The van der Waals surface area contributed by atoms with E-state index in [1.54, 1.807) is 12.1 Å². The van der Waals surface area contributed by atoms with Gasteiger partial charge >= 0.3 is 6.09 Å². The van der Waals surface area contributed by atoms with E-state index in [2.05, 4.69) is 5.32 Å². The number of hydrogen-bond donors (Lipinski definition) is 2. The molecule has 2 atom stereocenters. The molecule has 0 radical (unpaired) electrons. The first kappa shape index (κ1) is 19.9. The Kier molecular flexibility index (Phi) is 5.15. The fourth-order valence-corrected chi connectivity index (χ4v) is 4.19. The Morgan fingerprint density at radius 1 is 1.17 bits per heavy atom. The minimum atomic E-state index is -1.04. The molecule has 30 heavy (non-hydrogen) atoms. The monoisotopic (exact) mass is 415 g/mol. The van der Waals surface area contributed by atoms with Crippen LogP contribution in [0.5, 0.6) is 5.75 Å². The molecule has 5 amide bonds. The molecule has 1 unspecified atom stereocenters. The van der Waals surface area contributed by atoms with Crippen LogP contribution in [0.3, 0.4) is 0 Å². The van der Waals surface area contributed by atoms with E-state index in [-0.39, 0.29) is 42.2 Å². The van der Waals surface area contributed by atoms with E-state index < -0.39 is 35.8 Å². The van der Waals surface area contributed by atoms with E-state index in [4.69, 9.17) is 9.84 Å². The molecule has 0 saturated carbocycles. The van der Waals surface area contributed by atoms with Crippen molar-refractivity contribution in [3.05, 3.63) is 29.3 Å². The van der Waals surface area contributed by atoms with Crippen LogP contribution >= 0.6 is 0 Å². The average Bonchev–Trinajstić information content (AvgIpc) is 2.98. The van der Waals surface area contributed by atoms with Crippen molar-refractivity contribution in [1.82, 2.24) is 15.1 Å². The van der Waals surface area contributed by atoms with Crippen LogP contribution in [0.1, 0.15) is 46.4 Å².